The number of carboxylic acids is 1. The molecule has 0 atom stereocenters. The van der Waals surface area contributed by atoms with E-state index in [-0.39, 0.29) is 5.39 Å². The highest BCUT2D eigenvalue weighted by molar-refractivity contribution is 6.05. The van der Waals surface area contributed by atoms with Crippen molar-refractivity contribution in [2.75, 3.05) is 7.11 Å². The second-order valence-corrected chi connectivity index (χ2v) is 5.29. The zero-order chi connectivity index (χ0) is 19.9. The van der Waals surface area contributed by atoms with Gasteiger partial charge in [0.25, 0.3) is 0 Å². The standard InChI is InChI=1S/C16H10F6O4/c1-26-11-5-4-8-6-10(3-2-9(8)7-11)12(23)14(17,18)16(21,22)15(19,20)13(24)25/h2-7H,1H3,(H,24,25). The third kappa shape index (κ3) is 2.85. The summed E-state index contributed by atoms with van der Waals surface area (Å²) in [4.78, 5) is 22.0. The van der Waals surface area contributed by atoms with Crippen molar-refractivity contribution in [1.82, 2.24) is 0 Å². The van der Waals surface area contributed by atoms with Crippen LogP contribution < -0.4 is 4.74 Å². The van der Waals surface area contributed by atoms with Gasteiger partial charge in [-0.2, -0.15) is 26.3 Å². The maximum absolute atomic E-state index is 13.8. The number of halogens is 6. The van der Waals surface area contributed by atoms with Crippen molar-refractivity contribution in [1.29, 1.82) is 0 Å². The van der Waals surface area contributed by atoms with Crippen LogP contribution in [0.4, 0.5) is 26.3 Å². The minimum absolute atomic E-state index is 0.181. The smallest absolute Gasteiger partial charge is 0.411 e. The molecule has 0 aliphatic rings. The number of Topliss-reactive ketones (excluding diaryl/α,β-unsaturated/α-hetero) is 1. The van der Waals surface area contributed by atoms with Crippen molar-refractivity contribution >= 4 is 22.5 Å². The van der Waals surface area contributed by atoms with E-state index in [1.54, 1.807) is 0 Å². The largest absolute Gasteiger partial charge is 0.497 e. The Bertz CT molecular complexity index is 878. The first-order valence-corrected chi connectivity index (χ1v) is 6.85. The molecule has 0 spiro atoms. The number of benzene rings is 2. The first-order chi connectivity index (χ1) is 11.9. The summed E-state index contributed by atoms with van der Waals surface area (Å²) in [5.74, 6) is -24.2. The molecule has 0 aliphatic carbocycles. The van der Waals surface area contributed by atoms with Gasteiger partial charge in [-0.25, -0.2) is 4.79 Å². The van der Waals surface area contributed by atoms with Gasteiger partial charge in [-0.1, -0.05) is 18.2 Å². The van der Waals surface area contributed by atoms with Gasteiger partial charge in [0.1, 0.15) is 5.75 Å². The van der Waals surface area contributed by atoms with E-state index in [9.17, 15) is 35.9 Å². The van der Waals surface area contributed by atoms with E-state index in [0.29, 0.717) is 11.1 Å². The van der Waals surface area contributed by atoms with Crippen LogP contribution in [0.5, 0.6) is 5.75 Å². The molecule has 2 aromatic carbocycles. The summed E-state index contributed by atoms with van der Waals surface area (Å²) in [6.07, 6.45) is 0. The lowest BCUT2D eigenvalue weighted by atomic mass is 9.94. The van der Waals surface area contributed by atoms with Crippen LogP contribution in [0.3, 0.4) is 0 Å². The molecular formula is C16H10F6O4. The van der Waals surface area contributed by atoms with Crippen LogP contribution in [-0.4, -0.2) is 41.7 Å². The molecule has 2 aromatic rings. The van der Waals surface area contributed by atoms with Gasteiger partial charge >= 0.3 is 23.7 Å². The topological polar surface area (TPSA) is 63.6 Å². The second kappa shape index (κ2) is 6.19. The van der Waals surface area contributed by atoms with E-state index < -0.39 is 35.1 Å². The van der Waals surface area contributed by atoms with E-state index in [0.717, 1.165) is 18.2 Å². The molecule has 1 N–H and O–H groups in total. The van der Waals surface area contributed by atoms with Gasteiger partial charge in [0, 0.05) is 5.56 Å². The fraction of sp³-hybridized carbons (Fsp3) is 0.250. The Labute approximate surface area is 142 Å². The van der Waals surface area contributed by atoms with Crippen molar-refractivity contribution in [3.63, 3.8) is 0 Å². The van der Waals surface area contributed by atoms with Crippen molar-refractivity contribution in [3.8, 4) is 5.75 Å². The second-order valence-electron chi connectivity index (χ2n) is 5.29. The Morgan fingerprint density at radius 2 is 1.42 bits per heavy atom. The maximum atomic E-state index is 13.8. The van der Waals surface area contributed by atoms with Crippen LogP contribution in [0, 0.1) is 0 Å². The third-order valence-corrected chi connectivity index (χ3v) is 3.65. The molecule has 0 unspecified atom stereocenters. The number of fused-ring (bicyclic) bond motifs is 1. The van der Waals surface area contributed by atoms with Gasteiger partial charge < -0.3 is 9.84 Å². The van der Waals surface area contributed by atoms with Gasteiger partial charge in [0.15, 0.2) is 0 Å². The summed E-state index contributed by atoms with van der Waals surface area (Å²) in [6.45, 7) is 0. The molecule has 0 aromatic heterocycles. The number of carboxylic acid groups (broad SMARTS) is 1. The minimum Gasteiger partial charge on any atom is -0.497 e. The molecule has 140 valence electrons. The summed E-state index contributed by atoms with van der Waals surface area (Å²) < 4.78 is 85.5. The lowest BCUT2D eigenvalue weighted by Gasteiger charge is -2.29. The first-order valence-electron chi connectivity index (χ1n) is 6.85. The van der Waals surface area contributed by atoms with E-state index in [4.69, 9.17) is 9.84 Å². The zero-order valence-electron chi connectivity index (χ0n) is 12.9. The summed E-state index contributed by atoms with van der Waals surface area (Å²) in [5, 5.41) is 8.69. The third-order valence-electron chi connectivity index (χ3n) is 3.65. The van der Waals surface area contributed by atoms with Crippen LogP contribution in [-0.2, 0) is 4.79 Å². The molecule has 0 saturated carbocycles. The maximum Gasteiger partial charge on any atom is 0.411 e. The molecule has 0 amide bonds. The Morgan fingerprint density at radius 1 is 0.885 bits per heavy atom. The Kier molecular flexibility index (Phi) is 4.65. The van der Waals surface area contributed by atoms with Crippen molar-refractivity contribution < 1.29 is 45.8 Å². The van der Waals surface area contributed by atoms with E-state index in [1.807, 2.05) is 0 Å². The fourth-order valence-corrected chi connectivity index (χ4v) is 2.15. The quantitative estimate of drug-likeness (QED) is 0.607. The number of alkyl halides is 6. The number of methoxy groups -OCH3 is 1. The predicted octanol–water partition coefficient (Wildman–Crippen LogP) is 4.02. The van der Waals surface area contributed by atoms with Gasteiger partial charge in [-0.3, -0.25) is 4.79 Å². The number of aliphatic carboxylic acids is 1. The van der Waals surface area contributed by atoms with Crippen molar-refractivity contribution in [2.45, 2.75) is 17.8 Å². The number of ether oxygens (including phenoxy) is 1. The van der Waals surface area contributed by atoms with Crippen LogP contribution in [0.25, 0.3) is 10.8 Å². The predicted molar refractivity (Wildman–Crippen MR) is 77.3 cm³/mol. The monoisotopic (exact) mass is 380 g/mol. The molecule has 26 heavy (non-hydrogen) atoms. The molecule has 0 aliphatic heterocycles. The summed E-state index contributed by atoms with van der Waals surface area (Å²) in [6, 6.07) is 6.89. The normalized spacial score (nSPS) is 12.9. The number of carbonyl (C=O) groups excluding carboxylic acids is 1. The van der Waals surface area contributed by atoms with Gasteiger partial charge in [0.05, 0.1) is 7.11 Å². The Balaban J connectivity index is 2.49. The lowest BCUT2D eigenvalue weighted by molar-refractivity contribution is -0.285. The molecular weight excluding hydrogens is 370 g/mol. The fourth-order valence-electron chi connectivity index (χ4n) is 2.15. The number of hydrogen-bond acceptors (Lipinski definition) is 3. The number of hydrogen-bond donors (Lipinski definition) is 1. The van der Waals surface area contributed by atoms with Gasteiger partial charge in [0.2, 0.25) is 5.78 Å². The Hall–Kier alpha value is -2.78. The molecule has 0 fully saturated rings. The highest BCUT2D eigenvalue weighted by atomic mass is 19.3. The summed E-state index contributed by atoms with van der Waals surface area (Å²) in [5.41, 5.74) is -0.978. The number of carbonyl (C=O) groups is 2. The van der Waals surface area contributed by atoms with Gasteiger partial charge in [-0.15, -0.1) is 0 Å². The van der Waals surface area contributed by atoms with Crippen LogP contribution >= 0.6 is 0 Å². The molecule has 0 heterocycles. The van der Waals surface area contributed by atoms with Crippen LogP contribution in [0.15, 0.2) is 36.4 Å². The van der Waals surface area contributed by atoms with Crippen LogP contribution in [0.1, 0.15) is 10.4 Å². The summed E-state index contributed by atoms with van der Waals surface area (Å²) in [7, 11) is 1.37. The average molecular weight is 380 g/mol. The minimum atomic E-state index is -6.43. The average Bonchev–Trinajstić information content (AvgIpc) is 2.59. The number of rotatable bonds is 6. The molecule has 10 heteroatoms. The van der Waals surface area contributed by atoms with Crippen molar-refractivity contribution in [3.05, 3.63) is 42.0 Å². The zero-order valence-corrected chi connectivity index (χ0v) is 12.9. The van der Waals surface area contributed by atoms with Crippen molar-refractivity contribution in [2.24, 2.45) is 0 Å². The Morgan fingerprint density at radius 3 is 1.96 bits per heavy atom. The molecule has 0 bridgehead atoms. The molecule has 4 nitrogen and oxygen atoms in total. The van der Waals surface area contributed by atoms with Crippen LogP contribution in [0.2, 0.25) is 0 Å². The van der Waals surface area contributed by atoms with E-state index >= 15 is 0 Å². The van der Waals surface area contributed by atoms with E-state index in [2.05, 4.69) is 0 Å². The van der Waals surface area contributed by atoms with Gasteiger partial charge in [-0.05, 0) is 29.0 Å². The highest BCUT2D eigenvalue weighted by Crippen LogP contribution is 2.47. The lowest BCUT2D eigenvalue weighted by Crippen LogP contribution is -2.60. The summed E-state index contributed by atoms with van der Waals surface area (Å²) >= 11 is 0. The molecule has 2 rings (SSSR count). The molecule has 0 saturated heterocycles. The SMILES string of the molecule is COc1ccc2cc(C(=O)C(F)(F)C(F)(F)C(F)(F)C(=O)O)ccc2c1. The highest BCUT2D eigenvalue weighted by Gasteiger charge is 2.78. The number of ketones is 1. The molecule has 0 radical (unpaired) electrons. The van der Waals surface area contributed by atoms with E-state index in [1.165, 1.54) is 25.3 Å². The first kappa shape index (κ1) is 19.5.